The maximum absolute atomic E-state index is 12.0. The molecule has 0 fully saturated rings. The molecule has 2 aromatic rings. The highest BCUT2D eigenvalue weighted by molar-refractivity contribution is 6.06. The van der Waals surface area contributed by atoms with E-state index < -0.39 is 0 Å². The molecule has 0 aromatic heterocycles. The van der Waals surface area contributed by atoms with Gasteiger partial charge in [-0.05, 0) is 36.2 Å². The molecule has 2 N–H and O–H groups in total. The van der Waals surface area contributed by atoms with Crippen LogP contribution in [0.25, 0.3) is 0 Å². The molecule has 0 radical (unpaired) electrons. The number of aromatic hydroxyl groups is 1. The number of phenols is 1. The predicted molar refractivity (Wildman–Crippen MR) is 71.9 cm³/mol. The molecule has 0 aliphatic carbocycles. The maximum atomic E-state index is 12.0. The molecule has 0 aliphatic rings. The van der Waals surface area contributed by atoms with Gasteiger partial charge in [-0.2, -0.15) is 0 Å². The first-order valence-electron chi connectivity index (χ1n) is 5.89. The Kier molecular flexibility index (Phi) is 3.63. The number of hydrogen-bond acceptors (Lipinski definition) is 2. The summed E-state index contributed by atoms with van der Waals surface area (Å²) in [6.45, 7) is 2.06. The summed E-state index contributed by atoms with van der Waals surface area (Å²) in [5.41, 5.74) is 2.17. The largest absolute Gasteiger partial charge is 0.507 e. The number of anilines is 1. The third-order valence-corrected chi connectivity index (χ3v) is 2.74. The van der Waals surface area contributed by atoms with E-state index in [2.05, 4.69) is 12.2 Å². The second kappa shape index (κ2) is 5.36. The molecule has 0 spiro atoms. The zero-order valence-electron chi connectivity index (χ0n) is 10.2. The van der Waals surface area contributed by atoms with Gasteiger partial charge in [0.05, 0.1) is 5.56 Å². The molecule has 1 amide bonds. The lowest BCUT2D eigenvalue weighted by Crippen LogP contribution is -2.12. The fourth-order valence-corrected chi connectivity index (χ4v) is 1.73. The van der Waals surface area contributed by atoms with Crippen molar-refractivity contribution in [2.24, 2.45) is 0 Å². The summed E-state index contributed by atoms with van der Waals surface area (Å²) in [6, 6.07) is 14.2. The third-order valence-electron chi connectivity index (χ3n) is 2.74. The fraction of sp³-hybridized carbons (Fsp3) is 0.133. The van der Waals surface area contributed by atoms with Crippen molar-refractivity contribution < 1.29 is 9.90 Å². The number of rotatable bonds is 3. The van der Waals surface area contributed by atoms with E-state index in [0.717, 1.165) is 17.7 Å². The standard InChI is InChI=1S/C15H15NO2/c1-2-11-6-5-7-12(10-11)16-15(18)13-8-3-4-9-14(13)17/h3-10,17H,2H2,1H3,(H,16,18). The second-order valence-electron chi connectivity index (χ2n) is 4.03. The minimum Gasteiger partial charge on any atom is -0.507 e. The normalized spacial score (nSPS) is 10.1. The maximum Gasteiger partial charge on any atom is 0.259 e. The van der Waals surface area contributed by atoms with Crippen molar-refractivity contribution in [3.63, 3.8) is 0 Å². The Morgan fingerprint density at radius 3 is 2.67 bits per heavy atom. The fourth-order valence-electron chi connectivity index (χ4n) is 1.73. The van der Waals surface area contributed by atoms with Crippen molar-refractivity contribution >= 4 is 11.6 Å². The number of benzene rings is 2. The molecule has 0 bridgehead atoms. The Hall–Kier alpha value is -2.29. The van der Waals surface area contributed by atoms with Gasteiger partial charge in [0.15, 0.2) is 0 Å². The highest BCUT2D eigenvalue weighted by atomic mass is 16.3. The van der Waals surface area contributed by atoms with E-state index in [1.165, 1.54) is 6.07 Å². The molecule has 0 saturated carbocycles. The molecule has 92 valence electrons. The van der Waals surface area contributed by atoms with Crippen LogP contribution in [0, 0.1) is 0 Å². The van der Waals surface area contributed by atoms with E-state index in [1.54, 1.807) is 18.2 Å². The topological polar surface area (TPSA) is 49.3 Å². The van der Waals surface area contributed by atoms with Gasteiger partial charge in [-0.1, -0.05) is 31.2 Å². The number of para-hydroxylation sites is 1. The highest BCUT2D eigenvalue weighted by Gasteiger charge is 2.10. The lowest BCUT2D eigenvalue weighted by molar-refractivity contribution is 0.102. The smallest absolute Gasteiger partial charge is 0.259 e. The number of carbonyl (C=O) groups excluding carboxylic acids is 1. The van der Waals surface area contributed by atoms with E-state index >= 15 is 0 Å². The van der Waals surface area contributed by atoms with Gasteiger partial charge in [0.1, 0.15) is 5.75 Å². The van der Waals surface area contributed by atoms with E-state index in [4.69, 9.17) is 0 Å². The summed E-state index contributed by atoms with van der Waals surface area (Å²) in [5.74, 6) is -0.317. The molecular weight excluding hydrogens is 226 g/mol. The van der Waals surface area contributed by atoms with Crippen LogP contribution < -0.4 is 5.32 Å². The Balaban J connectivity index is 2.19. The molecule has 0 unspecified atom stereocenters. The number of hydrogen-bond donors (Lipinski definition) is 2. The van der Waals surface area contributed by atoms with Crippen LogP contribution in [0.5, 0.6) is 5.75 Å². The van der Waals surface area contributed by atoms with Crippen LogP contribution in [0.2, 0.25) is 0 Å². The van der Waals surface area contributed by atoms with Crippen LogP contribution in [0.4, 0.5) is 5.69 Å². The molecule has 18 heavy (non-hydrogen) atoms. The summed E-state index contributed by atoms with van der Waals surface area (Å²) in [4.78, 5) is 12.0. The van der Waals surface area contributed by atoms with Gasteiger partial charge in [-0.3, -0.25) is 4.79 Å². The van der Waals surface area contributed by atoms with Gasteiger partial charge >= 0.3 is 0 Å². The Bertz CT molecular complexity index is 564. The lowest BCUT2D eigenvalue weighted by Gasteiger charge is -2.07. The van der Waals surface area contributed by atoms with Gasteiger partial charge in [-0.25, -0.2) is 0 Å². The van der Waals surface area contributed by atoms with Gasteiger partial charge in [0.25, 0.3) is 5.91 Å². The Labute approximate surface area is 106 Å². The molecule has 0 atom stereocenters. The Morgan fingerprint density at radius 1 is 1.17 bits per heavy atom. The van der Waals surface area contributed by atoms with E-state index in [0.29, 0.717) is 0 Å². The summed E-state index contributed by atoms with van der Waals surface area (Å²) >= 11 is 0. The van der Waals surface area contributed by atoms with Crippen LogP contribution in [-0.2, 0) is 6.42 Å². The van der Waals surface area contributed by atoms with E-state index in [9.17, 15) is 9.90 Å². The van der Waals surface area contributed by atoms with Crippen molar-refractivity contribution in [1.29, 1.82) is 0 Å². The van der Waals surface area contributed by atoms with Crippen molar-refractivity contribution in [3.8, 4) is 5.75 Å². The van der Waals surface area contributed by atoms with Crippen molar-refractivity contribution in [2.45, 2.75) is 13.3 Å². The summed E-state index contributed by atoms with van der Waals surface area (Å²) in [7, 11) is 0. The summed E-state index contributed by atoms with van der Waals surface area (Å²) in [5, 5.41) is 12.4. The van der Waals surface area contributed by atoms with Gasteiger partial charge in [0.2, 0.25) is 0 Å². The number of aryl methyl sites for hydroxylation is 1. The molecule has 2 aromatic carbocycles. The molecule has 0 heterocycles. The molecule has 2 rings (SSSR count). The number of phenolic OH excluding ortho intramolecular Hbond substituents is 1. The van der Waals surface area contributed by atoms with Crippen LogP contribution >= 0.6 is 0 Å². The van der Waals surface area contributed by atoms with Gasteiger partial charge in [-0.15, -0.1) is 0 Å². The molecule has 0 saturated heterocycles. The predicted octanol–water partition coefficient (Wildman–Crippen LogP) is 3.21. The average Bonchev–Trinajstić information content (AvgIpc) is 2.39. The quantitative estimate of drug-likeness (QED) is 0.866. The molecule has 0 aliphatic heterocycles. The van der Waals surface area contributed by atoms with Crippen LogP contribution in [0.1, 0.15) is 22.8 Å². The average molecular weight is 241 g/mol. The number of nitrogens with one attached hydrogen (secondary N) is 1. The van der Waals surface area contributed by atoms with Gasteiger partial charge in [0, 0.05) is 5.69 Å². The van der Waals surface area contributed by atoms with E-state index in [1.807, 2.05) is 24.3 Å². The van der Waals surface area contributed by atoms with Crippen molar-refractivity contribution in [1.82, 2.24) is 0 Å². The zero-order valence-corrected chi connectivity index (χ0v) is 10.2. The lowest BCUT2D eigenvalue weighted by atomic mass is 10.1. The van der Waals surface area contributed by atoms with Crippen LogP contribution in [-0.4, -0.2) is 11.0 Å². The minimum atomic E-state index is -0.304. The zero-order chi connectivity index (χ0) is 13.0. The highest BCUT2D eigenvalue weighted by Crippen LogP contribution is 2.18. The minimum absolute atomic E-state index is 0.0124. The molecular formula is C15H15NO2. The number of carbonyl (C=O) groups is 1. The van der Waals surface area contributed by atoms with Crippen molar-refractivity contribution in [2.75, 3.05) is 5.32 Å². The van der Waals surface area contributed by atoms with Gasteiger partial charge < -0.3 is 10.4 Å². The molecule has 3 heteroatoms. The summed E-state index contributed by atoms with van der Waals surface area (Å²) < 4.78 is 0. The SMILES string of the molecule is CCc1cccc(NC(=O)c2ccccc2O)c1. The van der Waals surface area contributed by atoms with Crippen LogP contribution in [0.3, 0.4) is 0 Å². The first-order chi connectivity index (χ1) is 8.70. The monoisotopic (exact) mass is 241 g/mol. The van der Waals surface area contributed by atoms with E-state index in [-0.39, 0.29) is 17.2 Å². The number of amides is 1. The Morgan fingerprint density at radius 2 is 1.94 bits per heavy atom. The van der Waals surface area contributed by atoms with Crippen LogP contribution in [0.15, 0.2) is 48.5 Å². The van der Waals surface area contributed by atoms with Crippen molar-refractivity contribution in [3.05, 3.63) is 59.7 Å². The third kappa shape index (κ3) is 2.69. The first kappa shape index (κ1) is 12.2. The molecule has 3 nitrogen and oxygen atoms in total. The second-order valence-corrected chi connectivity index (χ2v) is 4.03. The summed E-state index contributed by atoms with van der Waals surface area (Å²) in [6.07, 6.45) is 0.917. The first-order valence-corrected chi connectivity index (χ1v) is 5.89.